The van der Waals surface area contributed by atoms with Crippen LogP contribution >= 0.6 is 0 Å². The molecule has 0 spiro atoms. The highest BCUT2D eigenvalue weighted by Gasteiger charge is 2.08. The summed E-state index contributed by atoms with van der Waals surface area (Å²) in [5.41, 5.74) is 8.27. The minimum atomic E-state index is 0.969. The molecule has 0 saturated heterocycles. The number of rotatable bonds is 0. The highest BCUT2D eigenvalue weighted by atomic mass is 15.4. The van der Waals surface area contributed by atoms with E-state index in [-0.39, 0.29) is 0 Å². The van der Waals surface area contributed by atoms with Crippen LogP contribution in [0, 0.1) is 0 Å². The molecule has 0 aromatic heterocycles. The van der Waals surface area contributed by atoms with Gasteiger partial charge in [0, 0.05) is 12.8 Å². The molecule has 2 aliphatic rings. The van der Waals surface area contributed by atoms with Crippen LogP contribution in [-0.2, 0) is 0 Å². The highest BCUT2D eigenvalue weighted by Crippen LogP contribution is 2.14. The average molecular weight is 135 g/mol. The van der Waals surface area contributed by atoms with Crippen molar-refractivity contribution in [3.63, 3.8) is 0 Å². The number of aliphatic imine (C=N–C) groups is 1. The number of hydrazine groups is 1. The lowest BCUT2D eigenvalue weighted by molar-refractivity contribution is 0.624. The Morgan fingerprint density at radius 3 is 3.50 bits per heavy atom. The van der Waals surface area contributed by atoms with Gasteiger partial charge >= 0.3 is 0 Å². The standard InChI is InChI=1S/C7H9N3/c1-2-6-7(3-5-8-6)10-9-4-1/h2-3,5,9-10H,1,4H2. The Balaban J connectivity index is 2.28. The van der Waals surface area contributed by atoms with Crippen molar-refractivity contribution < 1.29 is 0 Å². The van der Waals surface area contributed by atoms with E-state index in [0.29, 0.717) is 0 Å². The van der Waals surface area contributed by atoms with Gasteiger partial charge in [0.2, 0.25) is 0 Å². The van der Waals surface area contributed by atoms with E-state index in [2.05, 4.69) is 21.9 Å². The Morgan fingerprint density at radius 1 is 1.50 bits per heavy atom. The maximum atomic E-state index is 4.16. The van der Waals surface area contributed by atoms with Crippen LogP contribution in [0.15, 0.2) is 28.5 Å². The van der Waals surface area contributed by atoms with Gasteiger partial charge in [-0.1, -0.05) is 6.08 Å². The van der Waals surface area contributed by atoms with Crippen LogP contribution in [0.4, 0.5) is 0 Å². The SMILES string of the molecule is C1=NC2=CCCNNC2=C1. The van der Waals surface area contributed by atoms with Crippen molar-refractivity contribution in [1.82, 2.24) is 10.9 Å². The zero-order valence-electron chi connectivity index (χ0n) is 5.59. The highest BCUT2D eigenvalue weighted by molar-refractivity contribution is 5.79. The fourth-order valence-electron chi connectivity index (χ4n) is 1.05. The van der Waals surface area contributed by atoms with E-state index in [9.17, 15) is 0 Å². The first-order valence-corrected chi connectivity index (χ1v) is 3.40. The third-order valence-electron chi connectivity index (χ3n) is 1.56. The van der Waals surface area contributed by atoms with E-state index in [1.807, 2.05) is 6.08 Å². The molecule has 2 aliphatic heterocycles. The Morgan fingerprint density at radius 2 is 2.50 bits per heavy atom. The van der Waals surface area contributed by atoms with Gasteiger partial charge in [-0.05, 0) is 12.5 Å². The summed E-state index contributed by atoms with van der Waals surface area (Å²) in [5.74, 6) is 0. The van der Waals surface area contributed by atoms with E-state index in [1.165, 1.54) is 0 Å². The molecule has 0 fully saturated rings. The summed E-state index contributed by atoms with van der Waals surface area (Å²) in [4.78, 5) is 4.16. The normalized spacial score (nSPS) is 22.4. The monoisotopic (exact) mass is 135 g/mol. The predicted octanol–water partition coefficient (Wildman–Crippen LogP) is 0.336. The molecular weight excluding hydrogens is 126 g/mol. The van der Waals surface area contributed by atoms with Crippen LogP contribution < -0.4 is 10.9 Å². The Kier molecular flexibility index (Phi) is 1.29. The second-order valence-electron chi connectivity index (χ2n) is 2.29. The topological polar surface area (TPSA) is 36.4 Å². The van der Waals surface area contributed by atoms with Crippen LogP contribution in [0.5, 0.6) is 0 Å². The lowest BCUT2D eigenvalue weighted by Crippen LogP contribution is -2.29. The number of hydrogen-bond acceptors (Lipinski definition) is 3. The molecule has 0 aliphatic carbocycles. The van der Waals surface area contributed by atoms with Gasteiger partial charge in [0.1, 0.15) is 0 Å². The first kappa shape index (κ1) is 5.68. The van der Waals surface area contributed by atoms with Gasteiger partial charge in [0.25, 0.3) is 0 Å². The summed E-state index contributed by atoms with van der Waals surface area (Å²) in [6.45, 7) is 0.969. The number of allylic oxidation sites excluding steroid dienone is 1. The van der Waals surface area contributed by atoms with Gasteiger partial charge in [-0.2, -0.15) is 0 Å². The summed E-state index contributed by atoms with van der Waals surface area (Å²) in [5, 5.41) is 0. The van der Waals surface area contributed by atoms with E-state index in [4.69, 9.17) is 0 Å². The molecule has 3 nitrogen and oxygen atoms in total. The molecule has 0 atom stereocenters. The molecule has 10 heavy (non-hydrogen) atoms. The first-order chi connectivity index (χ1) is 4.97. The van der Waals surface area contributed by atoms with Crippen LogP contribution in [0.3, 0.4) is 0 Å². The fourth-order valence-corrected chi connectivity index (χ4v) is 1.05. The van der Waals surface area contributed by atoms with Crippen molar-refractivity contribution >= 4 is 6.21 Å². The third-order valence-corrected chi connectivity index (χ3v) is 1.56. The fraction of sp³-hybridized carbons (Fsp3) is 0.286. The van der Waals surface area contributed by atoms with Gasteiger partial charge in [-0.3, -0.25) is 4.99 Å². The predicted molar refractivity (Wildman–Crippen MR) is 40.4 cm³/mol. The Labute approximate surface area is 59.5 Å². The summed E-state index contributed by atoms with van der Waals surface area (Å²) in [6, 6.07) is 0. The maximum absolute atomic E-state index is 4.16. The van der Waals surface area contributed by atoms with Crippen molar-refractivity contribution in [3.05, 3.63) is 23.5 Å². The largest absolute Gasteiger partial charge is 0.319 e. The number of nitrogens with zero attached hydrogens (tertiary/aromatic N) is 1. The molecule has 0 bridgehead atoms. The lowest BCUT2D eigenvalue weighted by Gasteiger charge is -2.03. The van der Waals surface area contributed by atoms with Crippen LogP contribution in [0.1, 0.15) is 6.42 Å². The van der Waals surface area contributed by atoms with Gasteiger partial charge in [0.05, 0.1) is 11.4 Å². The lowest BCUT2D eigenvalue weighted by atomic mass is 10.3. The summed E-state index contributed by atoms with van der Waals surface area (Å²) < 4.78 is 0. The summed E-state index contributed by atoms with van der Waals surface area (Å²) in [7, 11) is 0. The quantitative estimate of drug-likeness (QED) is 0.502. The molecule has 0 unspecified atom stereocenters. The minimum Gasteiger partial charge on any atom is -0.319 e. The smallest absolute Gasteiger partial charge is 0.0835 e. The second kappa shape index (κ2) is 2.27. The molecule has 2 heterocycles. The molecule has 0 saturated carbocycles. The maximum Gasteiger partial charge on any atom is 0.0835 e. The molecule has 0 aromatic rings. The molecule has 0 aromatic carbocycles. The van der Waals surface area contributed by atoms with Crippen molar-refractivity contribution in [2.24, 2.45) is 4.99 Å². The number of hydrogen-bond donors (Lipinski definition) is 2. The van der Waals surface area contributed by atoms with Gasteiger partial charge in [-0.25, -0.2) is 5.43 Å². The molecule has 2 rings (SSSR count). The first-order valence-electron chi connectivity index (χ1n) is 3.40. The molecule has 3 heteroatoms. The Bertz CT molecular complexity index is 225. The van der Waals surface area contributed by atoms with Crippen LogP contribution in [-0.4, -0.2) is 12.8 Å². The van der Waals surface area contributed by atoms with Crippen LogP contribution in [0.2, 0.25) is 0 Å². The average Bonchev–Trinajstić information content (AvgIpc) is 2.28. The zero-order valence-corrected chi connectivity index (χ0v) is 5.59. The summed E-state index contributed by atoms with van der Waals surface area (Å²) in [6.07, 6.45) is 6.94. The van der Waals surface area contributed by atoms with Crippen molar-refractivity contribution in [3.8, 4) is 0 Å². The molecule has 2 N–H and O–H groups in total. The van der Waals surface area contributed by atoms with Gasteiger partial charge in [0.15, 0.2) is 0 Å². The third kappa shape index (κ3) is 0.844. The molecule has 52 valence electrons. The van der Waals surface area contributed by atoms with Crippen molar-refractivity contribution in [2.75, 3.05) is 6.54 Å². The summed E-state index contributed by atoms with van der Waals surface area (Å²) >= 11 is 0. The molecular formula is C7H9N3. The van der Waals surface area contributed by atoms with Crippen LogP contribution in [0.25, 0.3) is 0 Å². The van der Waals surface area contributed by atoms with E-state index >= 15 is 0 Å². The van der Waals surface area contributed by atoms with Gasteiger partial charge in [-0.15, -0.1) is 0 Å². The van der Waals surface area contributed by atoms with Crippen molar-refractivity contribution in [2.45, 2.75) is 6.42 Å². The molecule has 0 amide bonds. The van der Waals surface area contributed by atoms with E-state index < -0.39 is 0 Å². The minimum absolute atomic E-state index is 0.969. The molecule has 0 radical (unpaired) electrons. The Hall–Kier alpha value is -1.09. The van der Waals surface area contributed by atoms with E-state index in [0.717, 1.165) is 24.4 Å². The number of fused-ring (bicyclic) bond motifs is 1. The van der Waals surface area contributed by atoms with E-state index in [1.54, 1.807) is 6.21 Å². The van der Waals surface area contributed by atoms with Crippen molar-refractivity contribution in [1.29, 1.82) is 0 Å². The van der Waals surface area contributed by atoms with Gasteiger partial charge < -0.3 is 5.43 Å². The number of nitrogens with one attached hydrogen (secondary N) is 2. The zero-order chi connectivity index (χ0) is 6.81. The second-order valence-corrected chi connectivity index (χ2v) is 2.29.